The summed E-state index contributed by atoms with van der Waals surface area (Å²) in [6, 6.07) is 5.54. The molecule has 2 unspecified atom stereocenters. The van der Waals surface area contributed by atoms with Crippen molar-refractivity contribution in [2.24, 2.45) is 0 Å². The first-order valence-corrected chi connectivity index (χ1v) is 10.7. The number of aromatic nitrogens is 2. The third kappa shape index (κ3) is 2.98. The summed E-state index contributed by atoms with van der Waals surface area (Å²) >= 11 is 0. The highest BCUT2D eigenvalue weighted by Gasteiger charge is 2.51. The van der Waals surface area contributed by atoms with Gasteiger partial charge in [0.1, 0.15) is 6.33 Å². The number of sulfonamides is 1. The molecule has 4 heterocycles. The third-order valence-electron chi connectivity index (χ3n) is 5.44. The molecule has 3 saturated heterocycles. The molecule has 2 aromatic rings. The molecule has 148 valence electrons. The van der Waals surface area contributed by atoms with Gasteiger partial charge < -0.3 is 4.90 Å². The van der Waals surface area contributed by atoms with Gasteiger partial charge in [-0.25, -0.2) is 22.8 Å². The zero-order valence-corrected chi connectivity index (χ0v) is 16.5. The Kier molecular flexibility index (Phi) is 4.67. The Labute approximate surface area is 163 Å². The van der Waals surface area contributed by atoms with E-state index < -0.39 is 15.8 Å². The summed E-state index contributed by atoms with van der Waals surface area (Å²) in [5.41, 5.74) is 0.833. The lowest BCUT2D eigenvalue weighted by molar-refractivity contribution is 0.0870. The molecule has 0 saturated carbocycles. The predicted molar refractivity (Wildman–Crippen MR) is 101 cm³/mol. The quantitative estimate of drug-likeness (QED) is 0.709. The fraction of sp³-hybridized carbons (Fsp3) is 0.421. The van der Waals surface area contributed by atoms with E-state index in [2.05, 4.69) is 9.97 Å². The van der Waals surface area contributed by atoms with Gasteiger partial charge in [0.05, 0.1) is 10.6 Å². The van der Waals surface area contributed by atoms with Crippen molar-refractivity contribution in [2.75, 3.05) is 18.0 Å². The standard InChI is InChI=1S/C19H21FN4O3S/c1-3-17-18(20)19(22-11-21-17)23-9-14-8-15(10-23)24(14)28(26,27)16-6-4-13(5-7-16)12(2)25/h4-7,11,14-15H,3,8-10H2,1-2H3. The van der Waals surface area contributed by atoms with Crippen LogP contribution in [0.2, 0.25) is 0 Å². The molecule has 2 bridgehead atoms. The molecule has 5 rings (SSSR count). The number of nitrogens with zero attached hydrogens (tertiary/aromatic N) is 4. The van der Waals surface area contributed by atoms with E-state index in [1.165, 1.54) is 41.8 Å². The van der Waals surface area contributed by atoms with E-state index in [0.29, 0.717) is 30.8 Å². The number of piperazine rings is 1. The molecular formula is C19H21FN4O3S. The van der Waals surface area contributed by atoms with Gasteiger partial charge in [-0.05, 0) is 31.9 Å². The van der Waals surface area contributed by atoms with E-state index in [4.69, 9.17) is 0 Å². The summed E-state index contributed by atoms with van der Waals surface area (Å²) in [4.78, 5) is 21.4. The largest absolute Gasteiger partial charge is 0.351 e. The number of anilines is 1. The number of hydrogen-bond donors (Lipinski definition) is 0. The Morgan fingerprint density at radius 3 is 2.39 bits per heavy atom. The molecule has 28 heavy (non-hydrogen) atoms. The van der Waals surface area contributed by atoms with E-state index in [1.807, 2.05) is 6.92 Å². The lowest BCUT2D eigenvalue weighted by atomic mass is 9.91. The second-order valence-corrected chi connectivity index (χ2v) is 9.02. The smallest absolute Gasteiger partial charge is 0.243 e. The van der Waals surface area contributed by atoms with Crippen LogP contribution in [0, 0.1) is 5.82 Å². The Bertz CT molecular complexity index is 1010. The maximum Gasteiger partial charge on any atom is 0.243 e. The minimum absolute atomic E-state index is 0.112. The Balaban J connectivity index is 1.55. The van der Waals surface area contributed by atoms with Gasteiger partial charge >= 0.3 is 0 Å². The molecule has 0 spiro atoms. The summed E-state index contributed by atoms with van der Waals surface area (Å²) in [6.45, 7) is 4.04. The van der Waals surface area contributed by atoms with E-state index in [1.54, 1.807) is 4.90 Å². The van der Waals surface area contributed by atoms with Gasteiger partial charge in [-0.15, -0.1) is 0 Å². The van der Waals surface area contributed by atoms with Crippen LogP contribution in [-0.2, 0) is 16.4 Å². The van der Waals surface area contributed by atoms with E-state index in [-0.39, 0.29) is 28.6 Å². The fourth-order valence-electron chi connectivity index (χ4n) is 3.99. The minimum Gasteiger partial charge on any atom is -0.351 e. The molecule has 3 fully saturated rings. The fourth-order valence-corrected chi connectivity index (χ4v) is 5.80. The number of piperidine rings is 1. The predicted octanol–water partition coefficient (Wildman–Crippen LogP) is 2.03. The monoisotopic (exact) mass is 404 g/mol. The molecule has 1 aromatic carbocycles. The average molecular weight is 404 g/mol. The lowest BCUT2D eigenvalue weighted by Crippen LogP contribution is -2.70. The molecule has 9 heteroatoms. The molecule has 0 N–H and O–H groups in total. The maximum absolute atomic E-state index is 14.6. The van der Waals surface area contributed by atoms with E-state index >= 15 is 0 Å². The van der Waals surface area contributed by atoms with Crippen molar-refractivity contribution in [3.8, 4) is 0 Å². The van der Waals surface area contributed by atoms with Crippen LogP contribution in [0.5, 0.6) is 0 Å². The first-order chi connectivity index (χ1) is 13.3. The minimum atomic E-state index is -3.66. The first kappa shape index (κ1) is 18.9. The average Bonchev–Trinajstić information content (AvgIpc) is 2.68. The van der Waals surface area contributed by atoms with Crippen LogP contribution < -0.4 is 4.90 Å². The summed E-state index contributed by atoms with van der Waals surface area (Å²) in [5.74, 6) is -0.302. The van der Waals surface area contributed by atoms with Crippen molar-refractivity contribution >= 4 is 21.6 Å². The number of Topliss-reactive ketones (excluding diaryl/α,β-unsaturated/α-hetero) is 1. The van der Waals surface area contributed by atoms with Gasteiger partial charge in [0.2, 0.25) is 10.0 Å². The number of aryl methyl sites for hydroxylation is 1. The van der Waals surface area contributed by atoms with Crippen LogP contribution in [-0.4, -0.2) is 53.6 Å². The third-order valence-corrected chi connectivity index (χ3v) is 7.46. The summed E-state index contributed by atoms with van der Waals surface area (Å²) in [7, 11) is -3.66. The molecular weight excluding hydrogens is 383 g/mol. The summed E-state index contributed by atoms with van der Waals surface area (Å²) in [5, 5.41) is 0. The van der Waals surface area contributed by atoms with Crippen LogP contribution in [0.1, 0.15) is 36.3 Å². The van der Waals surface area contributed by atoms with Crippen molar-refractivity contribution in [3.63, 3.8) is 0 Å². The highest BCUT2D eigenvalue weighted by molar-refractivity contribution is 7.89. The van der Waals surface area contributed by atoms with Gasteiger partial charge in [-0.2, -0.15) is 4.31 Å². The second-order valence-electron chi connectivity index (χ2n) is 7.18. The van der Waals surface area contributed by atoms with Crippen LogP contribution in [0.4, 0.5) is 10.2 Å². The number of hydrogen-bond acceptors (Lipinski definition) is 6. The number of halogens is 1. The zero-order valence-electron chi connectivity index (χ0n) is 15.7. The van der Waals surface area contributed by atoms with E-state index in [9.17, 15) is 17.6 Å². The first-order valence-electron chi connectivity index (χ1n) is 9.21. The number of benzene rings is 1. The normalized spacial score (nSPS) is 22.0. The highest BCUT2D eigenvalue weighted by atomic mass is 32.2. The second kappa shape index (κ2) is 6.89. The summed E-state index contributed by atoms with van der Waals surface area (Å²) in [6.07, 6.45) is 2.57. The molecule has 2 atom stereocenters. The number of fused-ring (bicyclic) bond motifs is 2. The van der Waals surface area contributed by atoms with Crippen molar-refractivity contribution in [1.82, 2.24) is 14.3 Å². The van der Waals surface area contributed by atoms with Gasteiger partial charge in [0.15, 0.2) is 17.4 Å². The van der Waals surface area contributed by atoms with Crippen molar-refractivity contribution < 1.29 is 17.6 Å². The molecule has 7 nitrogen and oxygen atoms in total. The summed E-state index contributed by atoms with van der Waals surface area (Å²) < 4.78 is 42.2. The topological polar surface area (TPSA) is 83.5 Å². The lowest BCUT2D eigenvalue weighted by Gasteiger charge is -2.55. The van der Waals surface area contributed by atoms with Gasteiger partial charge in [-0.1, -0.05) is 19.1 Å². The van der Waals surface area contributed by atoms with Crippen LogP contribution in [0.15, 0.2) is 35.5 Å². The number of carbonyl (C=O) groups excluding carboxylic acids is 1. The van der Waals surface area contributed by atoms with Crippen LogP contribution in [0.3, 0.4) is 0 Å². The van der Waals surface area contributed by atoms with Crippen molar-refractivity contribution in [1.29, 1.82) is 0 Å². The molecule has 1 aromatic heterocycles. The molecule has 0 amide bonds. The van der Waals surface area contributed by atoms with Crippen molar-refractivity contribution in [3.05, 3.63) is 47.7 Å². The maximum atomic E-state index is 14.6. The molecule has 0 radical (unpaired) electrons. The molecule has 3 aliphatic rings. The van der Waals surface area contributed by atoms with Gasteiger partial charge in [-0.3, -0.25) is 4.79 Å². The van der Waals surface area contributed by atoms with Crippen LogP contribution >= 0.6 is 0 Å². The van der Waals surface area contributed by atoms with Crippen LogP contribution in [0.25, 0.3) is 0 Å². The Hall–Kier alpha value is -2.39. The number of carbonyl (C=O) groups is 1. The highest BCUT2D eigenvalue weighted by Crippen LogP contribution is 2.39. The number of rotatable bonds is 5. The van der Waals surface area contributed by atoms with Crippen molar-refractivity contribution in [2.45, 2.75) is 43.7 Å². The molecule has 0 aliphatic carbocycles. The Morgan fingerprint density at radius 1 is 1.18 bits per heavy atom. The van der Waals surface area contributed by atoms with Gasteiger partial charge in [0, 0.05) is 30.7 Å². The zero-order chi connectivity index (χ0) is 20.1. The SMILES string of the molecule is CCc1ncnc(N2CC3CC(C2)N3S(=O)(=O)c2ccc(C(C)=O)cc2)c1F. The number of ketones is 1. The van der Waals surface area contributed by atoms with Gasteiger partial charge in [0.25, 0.3) is 0 Å². The Morgan fingerprint density at radius 2 is 1.82 bits per heavy atom. The molecule has 3 aliphatic heterocycles. The van der Waals surface area contributed by atoms with E-state index in [0.717, 1.165) is 6.42 Å².